The van der Waals surface area contributed by atoms with E-state index >= 15 is 0 Å². The smallest absolute Gasteiger partial charge is 0.647 e. The minimum atomic E-state index is -1.39. The SMILES string of the molecule is O=C([O-])C1C=CCC(C(=O)[O-])[N-]1.O=C([O-])C1CCCC(C(=O)[O-])[N-]1.[Ni+2]. The van der Waals surface area contributed by atoms with Crippen molar-refractivity contribution >= 4 is 23.9 Å². The molecule has 1 fully saturated rings. The number of carbonyl (C=O) groups is 4. The molecule has 11 heteroatoms. The van der Waals surface area contributed by atoms with Gasteiger partial charge in [0.2, 0.25) is 0 Å². The van der Waals surface area contributed by atoms with Gasteiger partial charge in [-0.3, -0.25) is 0 Å². The molecule has 0 N–H and O–H groups in total. The van der Waals surface area contributed by atoms with Gasteiger partial charge in [-0.05, 0) is 6.42 Å². The second-order valence-corrected chi connectivity index (χ2v) is 5.16. The zero-order valence-electron chi connectivity index (χ0n) is 12.8. The van der Waals surface area contributed by atoms with Gasteiger partial charge in [0.1, 0.15) is 0 Å². The second-order valence-electron chi connectivity index (χ2n) is 5.16. The van der Waals surface area contributed by atoms with Crippen molar-refractivity contribution in [3.63, 3.8) is 0 Å². The van der Waals surface area contributed by atoms with Gasteiger partial charge in [0.25, 0.3) is 0 Å². The van der Waals surface area contributed by atoms with E-state index in [1.165, 1.54) is 12.2 Å². The van der Waals surface area contributed by atoms with E-state index in [0.29, 0.717) is 19.3 Å². The fraction of sp³-hybridized carbons (Fsp3) is 0.571. The van der Waals surface area contributed by atoms with Gasteiger partial charge >= 0.3 is 16.5 Å². The fourth-order valence-electron chi connectivity index (χ4n) is 2.17. The Kier molecular flexibility index (Phi) is 9.96. The quantitative estimate of drug-likeness (QED) is 0.334. The number of carbonyl (C=O) groups excluding carboxylic acids is 4. The summed E-state index contributed by atoms with van der Waals surface area (Å²) in [5.41, 5.74) is 0. The molecule has 1 saturated heterocycles. The van der Waals surface area contributed by atoms with Crippen LogP contribution >= 0.6 is 0 Å². The van der Waals surface area contributed by atoms with E-state index in [1.54, 1.807) is 0 Å². The number of rotatable bonds is 4. The minimum Gasteiger partial charge on any atom is -0.647 e. The molecule has 142 valence electrons. The van der Waals surface area contributed by atoms with Gasteiger partial charge in [0, 0.05) is 23.9 Å². The summed E-state index contributed by atoms with van der Waals surface area (Å²) in [5.74, 6) is -5.36. The molecule has 0 radical (unpaired) electrons. The fourth-order valence-corrected chi connectivity index (χ4v) is 2.17. The van der Waals surface area contributed by atoms with E-state index in [0.717, 1.165) is 0 Å². The third kappa shape index (κ3) is 7.63. The molecule has 4 atom stereocenters. The van der Waals surface area contributed by atoms with Crippen LogP contribution in [0.5, 0.6) is 0 Å². The minimum absolute atomic E-state index is 0. The van der Waals surface area contributed by atoms with Crippen molar-refractivity contribution < 1.29 is 56.1 Å². The molecule has 0 aliphatic carbocycles. The van der Waals surface area contributed by atoms with Crippen LogP contribution in [0.25, 0.3) is 10.6 Å². The zero-order chi connectivity index (χ0) is 18.3. The number of nitrogens with zero attached hydrogens (tertiary/aromatic N) is 2. The Balaban J connectivity index is 0.000000443. The Bertz CT molecular complexity index is 519. The van der Waals surface area contributed by atoms with Crippen molar-refractivity contribution in [1.82, 2.24) is 0 Å². The maximum Gasteiger partial charge on any atom is 2.00 e. The molecule has 0 aromatic heterocycles. The number of carboxylic acid groups (broad SMARTS) is 4. The van der Waals surface area contributed by atoms with Crippen molar-refractivity contribution in [3.05, 3.63) is 22.8 Å². The Labute approximate surface area is 153 Å². The molecule has 4 unspecified atom stereocenters. The number of aliphatic carboxylic acids is 4. The topological polar surface area (TPSA) is 189 Å². The molecular formula is C14H14N2NiO8-4. The third-order valence-corrected chi connectivity index (χ3v) is 3.39. The van der Waals surface area contributed by atoms with Crippen molar-refractivity contribution in [3.8, 4) is 0 Å². The Hall–Kier alpha value is -1.97. The average Bonchev–Trinajstić information content (AvgIpc) is 2.55. The average molecular weight is 397 g/mol. The normalized spacial score (nSPS) is 27.8. The summed E-state index contributed by atoms with van der Waals surface area (Å²) in [5, 5.41) is 48.2. The van der Waals surface area contributed by atoms with Crippen LogP contribution in [0.4, 0.5) is 0 Å². The molecule has 0 saturated carbocycles. The van der Waals surface area contributed by atoms with Crippen LogP contribution in [0.2, 0.25) is 0 Å². The summed E-state index contributed by atoms with van der Waals surface area (Å²) in [6.45, 7) is 0. The molecule has 25 heavy (non-hydrogen) atoms. The molecule has 0 bridgehead atoms. The first kappa shape index (κ1) is 23.0. The van der Waals surface area contributed by atoms with E-state index in [1.807, 2.05) is 0 Å². The third-order valence-electron chi connectivity index (χ3n) is 3.39. The monoisotopic (exact) mass is 396 g/mol. The summed E-state index contributed by atoms with van der Waals surface area (Å²) < 4.78 is 0. The summed E-state index contributed by atoms with van der Waals surface area (Å²) in [6, 6.07) is -4.15. The second kappa shape index (κ2) is 10.8. The van der Waals surface area contributed by atoms with E-state index in [2.05, 4.69) is 10.6 Å². The van der Waals surface area contributed by atoms with Gasteiger partial charge < -0.3 is 50.2 Å². The van der Waals surface area contributed by atoms with Crippen LogP contribution in [-0.2, 0) is 35.7 Å². The number of hydrogen-bond acceptors (Lipinski definition) is 8. The maximum absolute atomic E-state index is 10.3. The molecule has 2 heterocycles. The van der Waals surface area contributed by atoms with E-state index in [-0.39, 0.29) is 22.9 Å². The molecule has 2 aliphatic rings. The van der Waals surface area contributed by atoms with Gasteiger partial charge in [-0.1, -0.05) is 49.5 Å². The molecular weight excluding hydrogens is 383 g/mol. The Morgan fingerprint density at radius 3 is 1.64 bits per heavy atom. The van der Waals surface area contributed by atoms with E-state index in [4.69, 9.17) is 0 Å². The molecule has 0 spiro atoms. The molecule has 0 amide bonds. The first-order chi connectivity index (χ1) is 11.2. The Morgan fingerprint density at radius 2 is 1.24 bits per heavy atom. The maximum atomic E-state index is 10.3. The van der Waals surface area contributed by atoms with Gasteiger partial charge in [-0.25, -0.2) is 0 Å². The summed E-state index contributed by atoms with van der Waals surface area (Å²) in [4.78, 5) is 41.1. The van der Waals surface area contributed by atoms with Crippen molar-refractivity contribution in [2.75, 3.05) is 0 Å². The van der Waals surface area contributed by atoms with Gasteiger partial charge in [0.15, 0.2) is 0 Å². The van der Waals surface area contributed by atoms with Crippen LogP contribution in [-0.4, -0.2) is 48.0 Å². The number of carboxylic acids is 4. The van der Waals surface area contributed by atoms with Gasteiger partial charge in [-0.15, -0.1) is 6.08 Å². The number of hydrogen-bond donors (Lipinski definition) is 0. The van der Waals surface area contributed by atoms with Crippen LogP contribution in [0.3, 0.4) is 0 Å². The van der Waals surface area contributed by atoms with E-state index < -0.39 is 48.0 Å². The Morgan fingerprint density at radius 1 is 0.760 bits per heavy atom. The van der Waals surface area contributed by atoms with Crippen LogP contribution in [0.15, 0.2) is 12.2 Å². The predicted molar refractivity (Wildman–Crippen MR) is 69.5 cm³/mol. The van der Waals surface area contributed by atoms with Crippen molar-refractivity contribution in [2.24, 2.45) is 0 Å². The molecule has 0 aromatic rings. The predicted octanol–water partition coefficient (Wildman–Crippen LogP) is -4.66. The van der Waals surface area contributed by atoms with Gasteiger partial charge in [-0.2, -0.15) is 0 Å². The van der Waals surface area contributed by atoms with Crippen molar-refractivity contribution in [1.29, 1.82) is 0 Å². The first-order valence-electron chi connectivity index (χ1n) is 7.12. The summed E-state index contributed by atoms with van der Waals surface area (Å²) >= 11 is 0. The standard InChI is InChI=1S/C7H10NO4.C7H8NO4.Ni/c2*9-6(10)4-2-1-3-5(8-4)7(11)12;/h4-5H,1-3H2,(H,9,10)(H,11,12);1-2,4-5H,3H2,(H,9,10)(H,11,12);/q2*-1;+2/p-4. The molecule has 2 rings (SSSR count). The largest absolute Gasteiger partial charge is 2.00 e. The summed E-state index contributed by atoms with van der Waals surface area (Å²) in [6.07, 6.45) is 4.22. The van der Waals surface area contributed by atoms with Gasteiger partial charge in [0.05, 0.1) is 0 Å². The van der Waals surface area contributed by atoms with Crippen molar-refractivity contribution in [2.45, 2.75) is 49.9 Å². The van der Waals surface area contributed by atoms with E-state index in [9.17, 15) is 39.6 Å². The van der Waals surface area contributed by atoms with Crippen LogP contribution in [0, 0.1) is 0 Å². The van der Waals surface area contributed by atoms with Crippen LogP contribution < -0.4 is 20.4 Å². The summed E-state index contributed by atoms with van der Waals surface area (Å²) in [7, 11) is 0. The molecule has 2 aliphatic heterocycles. The molecule has 0 aromatic carbocycles. The first-order valence-corrected chi connectivity index (χ1v) is 7.12. The van der Waals surface area contributed by atoms with Crippen LogP contribution in [0.1, 0.15) is 25.7 Å². The number of piperidine rings is 1. The molecule has 10 nitrogen and oxygen atoms in total. The zero-order valence-corrected chi connectivity index (χ0v) is 13.8.